The van der Waals surface area contributed by atoms with Gasteiger partial charge in [-0.1, -0.05) is 29.8 Å². The molecule has 0 fully saturated rings. The van der Waals surface area contributed by atoms with Crippen LogP contribution in [0.25, 0.3) is 10.6 Å². The number of benzene rings is 2. The van der Waals surface area contributed by atoms with E-state index in [2.05, 4.69) is 11.1 Å². The smallest absolute Gasteiger partial charge is 0.231 e. The van der Waals surface area contributed by atoms with Gasteiger partial charge in [-0.15, -0.1) is 0 Å². The van der Waals surface area contributed by atoms with Crippen molar-refractivity contribution in [2.45, 2.75) is 19.9 Å². The third-order valence-corrected chi connectivity index (χ3v) is 5.29. The molecule has 0 saturated heterocycles. The molecule has 0 atom stereocenters. The Morgan fingerprint density at radius 3 is 2.83 bits per heavy atom. The zero-order valence-electron chi connectivity index (χ0n) is 15.4. The van der Waals surface area contributed by atoms with Crippen molar-refractivity contribution in [3.8, 4) is 6.07 Å². The van der Waals surface area contributed by atoms with Gasteiger partial charge in [0.1, 0.15) is 5.82 Å². The van der Waals surface area contributed by atoms with Crippen molar-refractivity contribution in [1.29, 1.82) is 5.26 Å². The van der Waals surface area contributed by atoms with E-state index in [1.165, 1.54) is 23.6 Å². The molecule has 0 spiro atoms. The summed E-state index contributed by atoms with van der Waals surface area (Å²) in [5, 5.41) is 9.67. The third kappa shape index (κ3) is 3.53. The number of halogens is 2. The van der Waals surface area contributed by atoms with Crippen LogP contribution in [0.15, 0.2) is 53.4 Å². The van der Waals surface area contributed by atoms with Gasteiger partial charge < -0.3 is 9.32 Å². The number of hydrogen-bond acceptors (Lipinski definition) is 4. The van der Waals surface area contributed by atoms with Gasteiger partial charge in [0.15, 0.2) is 12.2 Å². The number of amides is 1. The summed E-state index contributed by atoms with van der Waals surface area (Å²) in [4.78, 5) is 18.6. The quantitative estimate of drug-likeness (QED) is 0.610. The Balaban J connectivity index is 1.84. The normalized spacial score (nSPS) is 13.9. The second-order valence-electron chi connectivity index (χ2n) is 6.74. The van der Waals surface area contributed by atoms with E-state index in [9.17, 15) is 14.4 Å². The van der Waals surface area contributed by atoms with Gasteiger partial charge >= 0.3 is 0 Å². The van der Waals surface area contributed by atoms with E-state index in [0.29, 0.717) is 44.3 Å². The van der Waals surface area contributed by atoms with Crippen LogP contribution in [0, 0.1) is 24.1 Å². The lowest BCUT2D eigenvalue weighted by molar-refractivity contribution is -0.117. The molecule has 0 aliphatic carbocycles. The molecule has 0 unspecified atom stereocenters. The molecule has 0 N–H and O–H groups in total. The van der Waals surface area contributed by atoms with E-state index < -0.39 is 0 Å². The minimum atomic E-state index is -0.339. The predicted molar refractivity (Wildman–Crippen MR) is 107 cm³/mol. The molecule has 4 rings (SSSR count). The van der Waals surface area contributed by atoms with Crippen LogP contribution < -0.4 is 4.90 Å². The van der Waals surface area contributed by atoms with Gasteiger partial charge in [-0.05, 0) is 36.2 Å². The Morgan fingerprint density at radius 2 is 2.14 bits per heavy atom. The summed E-state index contributed by atoms with van der Waals surface area (Å²) in [5.41, 5.74) is 3.15. The summed E-state index contributed by atoms with van der Waals surface area (Å²) < 4.78 is 19.4. The maximum absolute atomic E-state index is 14.0. The van der Waals surface area contributed by atoms with Crippen molar-refractivity contribution in [3.63, 3.8) is 0 Å². The Bertz CT molecular complexity index is 1180. The molecular weight excluding hydrogens is 393 g/mol. The van der Waals surface area contributed by atoms with Crippen molar-refractivity contribution < 1.29 is 13.6 Å². The van der Waals surface area contributed by atoms with Gasteiger partial charge in [0.25, 0.3) is 0 Å². The third-order valence-electron chi connectivity index (χ3n) is 4.85. The van der Waals surface area contributed by atoms with Gasteiger partial charge in [0.2, 0.25) is 5.91 Å². The second kappa shape index (κ2) is 7.53. The summed E-state index contributed by atoms with van der Waals surface area (Å²) in [5.74, 6) is -0.180. The lowest BCUT2D eigenvalue weighted by Gasteiger charge is -2.24. The van der Waals surface area contributed by atoms with Crippen LogP contribution in [0.2, 0.25) is 0 Å². The lowest BCUT2D eigenvalue weighted by Crippen LogP contribution is -2.30. The molecule has 5 nitrogen and oxygen atoms in total. The molecule has 2 aromatic carbocycles. The summed E-state index contributed by atoms with van der Waals surface area (Å²) in [7, 11) is 0. The number of hydrogen-bond donors (Lipinski definition) is 0. The van der Waals surface area contributed by atoms with Crippen molar-refractivity contribution in [2.24, 2.45) is 0 Å². The Labute approximate surface area is 171 Å². The first-order valence-electron chi connectivity index (χ1n) is 8.85. The van der Waals surface area contributed by atoms with Gasteiger partial charge in [-0.2, -0.15) is 5.26 Å². The monoisotopic (exact) mass is 407 g/mol. The fraction of sp³-hybridized carbons (Fsp3) is 0.136. The van der Waals surface area contributed by atoms with Crippen molar-refractivity contribution in [1.82, 2.24) is 4.98 Å². The Morgan fingerprint density at radius 1 is 1.31 bits per heavy atom. The topological polar surface area (TPSA) is 70.1 Å². The molecule has 1 amide bonds. The van der Waals surface area contributed by atoms with Crippen LogP contribution in [0.3, 0.4) is 0 Å². The molecule has 0 bridgehead atoms. The number of nitriles is 1. The molecule has 1 aliphatic heterocycles. The van der Waals surface area contributed by atoms with Crippen LogP contribution in [0.1, 0.15) is 34.4 Å². The first-order valence-corrected chi connectivity index (χ1v) is 9.23. The van der Waals surface area contributed by atoms with Gasteiger partial charge in [-0.25, -0.2) is 9.37 Å². The maximum atomic E-state index is 14.0. The van der Waals surface area contributed by atoms with E-state index in [0.717, 1.165) is 0 Å². The lowest BCUT2D eigenvalue weighted by atomic mass is 10.0. The number of aromatic nitrogens is 1. The molecule has 29 heavy (non-hydrogen) atoms. The standard InChI is InChI=1S/C22H15ClFN3O2/c1-13-2-3-15(6-18(13)24)11-27-19-7-14(9-25)4-5-16(19)22(23)17(8-21(27)28)20-10-26-12-29-20/h2-7,10,12H,8,11H2,1H3. The highest BCUT2D eigenvalue weighted by molar-refractivity contribution is 6.53. The Kier molecular flexibility index (Phi) is 4.91. The summed E-state index contributed by atoms with van der Waals surface area (Å²) >= 11 is 6.65. The minimum Gasteiger partial charge on any atom is -0.444 e. The van der Waals surface area contributed by atoms with E-state index in [1.54, 1.807) is 37.3 Å². The molecule has 2 heterocycles. The summed E-state index contributed by atoms with van der Waals surface area (Å²) in [6.45, 7) is 1.82. The number of aryl methyl sites for hydroxylation is 1. The zero-order chi connectivity index (χ0) is 20.5. The van der Waals surface area contributed by atoms with Gasteiger partial charge in [0.05, 0.1) is 41.5 Å². The van der Waals surface area contributed by atoms with Crippen molar-refractivity contribution >= 4 is 33.8 Å². The first kappa shape index (κ1) is 18.9. The number of fused-ring (bicyclic) bond motifs is 1. The minimum absolute atomic E-state index is 0.0149. The number of anilines is 1. The molecule has 1 aromatic heterocycles. The van der Waals surface area contributed by atoms with Gasteiger partial charge in [0, 0.05) is 11.1 Å². The van der Waals surface area contributed by atoms with Crippen molar-refractivity contribution in [2.75, 3.05) is 4.90 Å². The molecule has 3 aromatic rings. The van der Waals surface area contributed by atoms with E-state index in [1.807, 2.05) is 0 Å². The second-order valence-corrected chi connectivity index (χ2v) is 7.12. The molecule has 7 heteroatoms. The largest absolute Gasteiger partial charge is 0.444 e. The number of rotatable bonds is 3. The van der Waals surface area contributed by atoms with Crippen molar-refractivity contribution in [3.05, 3.63) is 82.8 Å². The molecule has 1 aliphatic rings. The summed E-state index contributed by atoms with van der Waals surface area (Å²) in [6, 6.07) is 11.9. The average Bonchev–Trinajstić information content (AvgIpc) is 3.23. The number of carbonyl (C=O) groups excluding carboxylic acids is 1. The van der Waals surface area contributed by atoms with E-state index >= 15 is 0 Å². The SMILES string of the molecule is Cc1ccc(CN2C(=O)CC(c3cnco3)=C(Cl)c3ccc(C#N)cc32)cc1F. The molecule has 0 saturated carbocycles. The number of oxazole rings is 1. The maximum Gasteiger partial charge on any atom is 0.231 e. The highest BCUT2D eigenvalue weighted by atomic mass is 35.5. The van der Waals surface area contributed by atoms with Crippen LogP contribution >= 0.6 is 11.6 Å². The molecular formula is C22H15ClFN3O2. The summed E-state index contributed by atoms with van der Waals surface area (Å²) in [6.07, 6.45) is 2.76. The number of nitrogens with zero attached hydrogens (tertiary/aromatic N) is 3. The fourth-order valence-corrected chi connectivity index (χ4v) is 3.60. The molecule has 0 radical (unpaired) electrons. The number of carbonyl (C=O) groups is 1. The van der Waals surface area contributed by atoms with E-state index in [-0.39, 0.29) is 24.7 Å². The van der Waals surface area contributed by atoms with Crippen LogP contribution in [0.5, 0.6) is 0 Å². The van der Waals surface area contributed by atoms with Crippen LogP contribution in [-0.4, -0.2) is 10.9 Å². The van der Waals surface area contributed by atoms with Gasteiger partial charge in [-0.3, -0.25) is 4.79 Å². The van der Waals surface area contributed by atoms with Crippen LogP contribution in [0.4, 0.5) is 10.1 Å². The van der Waals surface area contributed by atoms with E-state index in [4.69, 9.17) is 16.0 Å². The Hall–Kier alpha value is -3.43. The fourth-order valence-electron chi connectivity index (χ4n) is 3.28. The van der Waals surface area contributed by atoms with Crippen LogP contribution in [-0.2, 0) is 11.3 Å². The first-order chi connectivity index (χ1) is 14.0. The zero-order valence-corrected chi connectivity index (χ0v) is 16.2. The molecule has 144 valence electrons. The predicted octanol–water partition coefficient (Wildman–Crippen LogP) is 5.04. The highest BCUT2D eigenvalue weighted by Crippen LogP contribution is 2.41. The highest BCUT2D eigenvalue weighted by Gasteiger charge is 2.29. The average molecular weight is 408 g/mol.